The zero-order valence-corrected chi connectivity index (χ0v) is 12.4. The molecule has 0 aliphatic rings. The third-order valence-electron chi connectivity index (χ3n) is 3.33. The molecule has 7 nitrogen and oxygen atoms in total. The molecule has 0 atom stereocenters. The van der Waals surface area contributed by atoms with Crippen molar-refractivity contribution in [3.05, 3.63) is 58.6 Å². The Morgan fingerprint density at radius 1 is 1.22 bits per heavy atom. The molecule has 3 rings (SSSR count). The number of aromatic amines is 1. The molecule has 0 spiro atoms. The Kier molecular flexibility index (Phi) is 4.01. The summed E-state index contributed by atoms with van der Waals surface area (Å²) in [5.74, 6) is 0.220. The summed E-state index contributed by atoms with van der Waals surface area (Å²) < 4.78 is 4.96. The number of anilines is 1. The van der Waals surface area contributed by atoms with Crippen molar-refractivity contribution in [2.24, 2.45) is 0 Å². The molecule has 1 amide bonds. The number of rotatable bonds is 4. The summed E-state index contributed by atoms with van der Waals surface area (Å²) in [5.41, 5.74) is 0.799. The third-order valence-corrected chi connectivity index (χ3v) is 3.33. The topological polar surface area (TPSA) is 97.0 Å². The number of hydrogen-bond donors (Lipinski definition) is 2. The maximum absolute atomic E-state index is 12.2. The van der Waals surface area contributed by atoms with Gasteiger partial charge in [0.05, 0.1) is 36.5 Å². The number of nitrogens with zero attached hydrogens (tertiary/aromatic N) is 2. The van der Waals surface area contributed by atoms with Crippen LogP contribution >= 0.6 is 0 Å². The highest BCUT2D eigenvalue weighted by atomic mass is 16.5. The molecule has 0 saturated heterocycles. The summed E-state index contributed by atoms with van der Waals surface area (Å²) in [5, 5.41) is 10.3. The van der Waals surface area contributed by atoms with Crippen molar-refractivity contribution in [3.8, 4) is 5.88 Å². The van der Waals surface area contributed by atoms with Crippen molar-refractivity contribution >= 4 is 22.4 Å². The number of H-pyrrole nitrogens is 1. The fraction of sp³-hybridized carbons (Fsp3) is 0.125. The molecule has 0 aliphatic heterocycles. The maximum atomic E-state index is 12.2. The van der Waals surface area contributed by atoms with Crippen molar-refractivity contribution in [3.63, 3.8) is 0 Å². The van der Waals surface area contributed by atoms with E-state index in [1.807, 2.05) is 0 Å². The number of amides is 1. The normalized spacial score (nSPS) is 10.5. The van der Waals surface area contributed by atoms with Crippen LogP contribution in [-0.2, 0) is 11.2 Å². The molecule has 1 aromatic carbocycles. The molecule has 7 heteroatoms. The molecule has 0 aliphatic carbocycles. The Morgan fingerprint density at radius 3 is 2.70 bits per heavy atom. The highest BCUT2D eigenvalue weighted by Crippen LogP contribution is 2.14. The van der Waals surface area contributed by atoms with Crippen LogP contribution in [-0.4, -0.2) is 28.2 Å². The first-order chi connectivity index (χ1) is 11.2. The molecule has 2 heterocycles. The molecule has 2 N–H and O–H groups in total. The molecule has 0 unspecified atom stereocenters. The van der Waals surface area contributed by atoms with Crippen molar-refractivity contribution in [2.75, 3.05) is 12.4 Å². The Balaban J connectivity index is 1.80. The van der Waals surface area contributed by atoms with Gasteiger partial charge in [-0.25, -0.2) is 10.1 Å². The van der Waals surface area contributed by atoms with Crippen LogP contribution in [0.1, 0.15) is 5.69 Å². The fourth-order valence-corrected chi connectivity index (χ4v) is 2.24. The summed E-state index contributed by atoms with van der Waals surface area (Å²) in [4.78, 5) is 27.9. The van der Waals surface area contributed by atoms with Crippen molar-refractivity contribution in [2.45, 2.75) is 6.42 Å². The Hall–Kier alpha value is -3.22. The first kappa shape index (κ1) is 14.7. The standard InChI is InChI=1S/C16H14N4O3/c1-23-15-7-6-10(9-17-15)18-14(21)8-13-11-4-2-3-5-12(11)16(22)20-19-13/h2-7,9H,8H2,1H3,(H,18,21)(H,20,22). The van der Waals surface area contributed by atoms with Crippen LogP contribution in [0.2, 0.25) is 0 Å². The molecule has 3 aromatic rings. The molecule has 0 fully saturated rings. The van der Waals surface area contributed by atoms with E-state index < -0.39 is 0 Å². The van der Waals surface area contributed by atoms with E-state index >= 15 is 0 Å². The van der Waals surface area contributed by atoms with Crippen LogP contribution in [0.15, 0.2) is 47.4 Å². The number of benzene rings is 1. The second kappa shape index (κ2) is 6.27. The van der Waals surface area contributed by atoms with E-state index in [9.17, 15) is 9.59 Å². The van der Waals surface area contributed by atoms with Crippen LogP contribution in [0.3, 0.4) is 0 Å². The number of pyridine rings is 1. The van der Waals surface area contributed by atoms with Gasteiger partial charge in [-0.05, 0) is 12.1 Å². The zero-order valence-electron chi connectivity index (χ0n) is 12.4. The summed E-state index contributed by atoms with van der Waals surface area (Å²) in [6.45, 7) is 0. The second-order valence-electron chi connectivity index (χ2n) is 4.86. The third kappa shape index (κ3) is 3.18. The summed E-state index contributed by atoms with van der Waals surface area (Å²) >= 11 is 0. The van der Waals surface area contributed by atoms with Crippen molar-refractivity contribution in [1.29, 1.82) is 0 Å². The lowest BCUT2D eigenvalue weighted by Crippen LogP contribution is -2.18. The van der Waals surface area contributed by atoms with E-state index in [0.29, 0.717) is 28.0 Å². The number of carbonyl (C=O) groups is 1. The second-order valence-corrected chi connectivity index (χ2v) is 4.86. The molecular formula is C16H14N4O3. The Morgan fingerprint density at radius 2 is 2.00 bits per heavy atom. The molecule has 116 valence electrons. The monoisotopic (exact) mass is 310 g/mol. The van der Waals surface area contributed by atoms with Gasteiger partial charge in [0.2, 0.25) is 11.8 Å². The molecule has 0 bridgehead atoms. The quantitative estimate of drug-likeness (QED) is 0.761. The van der Waals surface area contributed by atoms with Crippen LogP contribution in [0, 0.1) is 0 Å². The first-order valence-corrected chi connectivity index (χ1v) is 6.93. The number of ether oxygens (including phenoxy) is 1. The van der Waals surface area contributed by atoms with Gasteiger partial charge >= 0.3 is 0 Å². The summed E-state index contributed by atoms with van der Waals surface area (Å²) in [7, 11) is 1.52. The van der Waals surface area contributed by atoms with Gasteiger partial charge in [0.15, 0.2) is 0 Å². The fourth-order valence-electron chi connectivity index (χ4n) is 2.24. The molecule has 0 saturated carbocycles. The molecule has 23 heavy (non-hydrogen) atoms. The molecule has 2 aromatic heterocycles. The largest absolute Gasteiger partial charge is 0.481 e. The van der Waals surface area contributed by atoms with Gasteiger partial charge in [0.25, 0.3) is 5.56 Å². The maximum Gasteiger partial charge on any atom is 0.272 e. The number of carbonyl (C=O) groups excluding carboxylic acids is 1. The van der Waals surface area contributed by atoms with Gasteiger partial charge in [-0.3, -0.25) is 9.59 Å². The van der Waals surface area contributed by atoms with Gasteiger partial charge in [-0.15, -0.1) is 0 Å². The number of nitrogens with one attached hydrogen (secondary N) is 2. The lowest BCUT2D eigenvalue weighted by Gasteiger charge is -2.07. The lowest BCUT2D eigenvalue weighted by atomic mass is 10.1. The minimum absolute atomic E-state index is 0.0450. The molecule has 0 radical (unpaired) electrons. The summed E-state index contributed by atoms with van der Waals surface area (Å²) in [6.07, 6.45) is 1.55. The van der Waals surface area contributed by atoms with Crippen LogP contribution in [0.25, 0.3) is 10.8 Å². The first-order valence-electron chi connectivity index (χ1n) is 6.93. The highest BCUT2D eigenvalue weighted by Gasteiger charge is 2.11. The zero-order chi connectivity index (χ0) is 16.2. The highest BCUT2D eigenvalue weighted by molar-refractivity contribution is 5.95. The number of fused-ring (bicyclic) bond motifs is 1. The minimum Gasteiger partial charge on any atom is -0.481 e. The summed E-state index contributed by atoms with van der Waals surface area (Å²) in [6, 6.07) is 10.4. The van der Waals surface area contributed by atoms with Gasteiger partial charge in [0.1, 0.15) is 0 Å². The van der Waals surface area contributed by atoms with E-state index in [2.05, 4.69) is 20.5 Å². The Bertz CT molecular complexity index is 903. The van der Waals surface area contributed by atoms with E-state index in [0.717, 1.165) is 0 Å². The predicted octanol–water partition coefficient (Wildman–Crippen LogP) is 1.51. The number of hydrogen-bond acceptors (Lipinski definition) is 5. The average Bonchev–Trinajstić information content (AvgIpc) is 2.58. The minimum atomic E-state index is -0.274. The van der Waals surface area contributed by atoms with Crippen molar-refractivity contribution < 1.29 is 9.53 Å². The molecular weight excluding hydrogens is 296 g/mol. The SMILES string of the molecule is COc1ccc(NC(=O)Cc2n[nH]c(=O)c3ccccc23)cn1. The van der Waals surface area contributed by atoms with E-state index in [4.69, 9.17) is 4.74 Å². The Labute approximate surface area is 131 Å². The van der Waals surface area contributed by atoms with Crippen molar-refractivity contribution in [1.82, 2.24) is 15.2 Å². The average molecular weight is 310 g/mol. The number of methoxy groups -OCH3 is 1. The van der Waals surface area contributed by atoms with Crippen LogP contribution < -0.4 is 15.6 Å². The van der Waals surface area contributed by atoms with Crippen LogP contribution in [0.4, 0.5) is 5.69 Å². The van der Waals surface area contributed by atoms with Gasteiger partial charge < -0.3 is 10.1 Å². The predicted molar refractivity (Wildman–Crippen MR) is 85.5 cm³/mol. The van der Waals surface area contributed by atoms with Gasteiger partial charge in [-0.2, -0.15) is 5.10 Å². The van der Waals surface area contributed by atoms with E-state index in [-0.39, 0.29) is 17.9 Å². The lowest BCUT2D eigenvalue weighted by molar-refractivity contribution is -0.115. The smallest absolute Gasteiger partial charge is 0.272 e. The van der Waals surface area contributed by atoms with Gasteiger partial charge in [0, 0.05) is 11.5 Å². The van der Waals surface area contributed by atoms with Gasteiger partial charge in [-0.1, -0.05) is 18.2 Å². The van der Waals surface area contributed by atoms with E-state index in [1.165, 1.54) is 13.3 Å². The van der Waals surface area contributed by atoms with E-state index in [1.54, 1.807) is 36.4 Å². The van der Waals surface area contributed by atoms with Crippen LogP contribution in [0.5, 0.6) is 5.88 Å². The number of aromatic nitrogens is 3.